The highest BCUT2D eigenvalue weighted by atomic mass is 79.9. The summed E-state index contributed by atoms with van der Waals surface area (Å²) in [5, 5.41) is 8.45. The van der Waals surface area contributed by atoms with Crippen LogP contribution in [0.4, 0.5) is 0 Å². The van der Waals surface area contributed by atoms with Crippen LogP contribution in [0.15, 0.2) is 33.6 Å². The molecule has 0 spiro atoms. The van der Waals surface area contributed by atoms with Crippen LogP contribution in [0.1, 0.15) is 0 Å². The van der Waals surface area contributed by atoms with Gasteiger partial charge in [-0.1, -0.05) is 22.0 Å². The number of nitrogens with one attached hydrogen (secondary N) is 1. The van der Waals surface area contributed by atoms with Gasteiger partial charge in [-0.3, -0.25) is 0 Å². The zero-order valence-corrected chi connectivity index (χ0v) is 8.15. The molecule has 0 saturated heterocycles. The molecule has 0 fully saturated rings. The van der Waals surface area contributed by atoms with Crippen LogP contribution in [-0.2, 0) is 0 Å². The molecule has 0 radical (unpaired) electrons. The molecule has 0 aromatic heterocycles. The summed E-state index contributed by atoms with van der Waals surface area (Å²) in [6, 6.07) is 7.86. The first-order valence-corrected chi connectivity index (χ1v) is 4.70. The molecule has 0 amide bonds. The average molecular weight is 234 g/mol. The van der Waals surface area contributed by atoms with Gasteiger partial charge in [-0.25, -0.2) is 4.72 Å². The molecule has 1 aromatic rings. The molecule has 2 nitrogen and oxygen atoms in total. The number of aliphatic hydroxyl groups excluding tert-OH is 1. The van der Waals surface area contributed by atoms with E-state index in [0.717, 1.165) is 9.37 Å². The minimum Gasteiger partial charge on any atom is -0.381 e. The van der Waals surface area contributed by atoms with Gasteiger partial charge in [-0.2, -0.15) is 0 Å². The zero-order chi connectivity index (χ0) is 8.10. The highest BCUT2D eigenvalue weighted by molar-refractivity contribution is 9.10. The molecule has 0 bridgehead atoms. The maximum Gasteiger partial charge on any atom is 0.102 e. The summed E-state index contributed by atoms with van der Waals surface area (Å²) in [4.78, 5) is 1.08. The van der Waals surface area contributed by atoms with E-state index in [1.54, 1.807) is 0 Å². The fourth-order valence-electron chi connectivity index (χ4n) is 0.646. The van der Waals surface area contributed by atoms with Crippen LogP contribution < -0.4 is 4.72 Å². The Kier molecular flexibility index (Phi) is 3.93. The molecule has 60 valence electrons. The Balaban J connectivity index is 2.56. The Morgan fingerprint density at radius 2 is 2.36 bits per heavy atom. The molecule has 0 heterocycles. The molecule has 11 heavy (non-hydrogen) atoms. The number of hydrogen-bond donors (Lipinski definition) is 2. The predicted octanol–water partition coefficient (Wildman–Crippen LogP) is 2.00. The molecular weight excluding hydrogens is 226 g/mol. The van der Waals surface area contributed by atoms with Crippen molar-refractivity contribution in [3.63, 3.8) is 0 Å². The lowest BCUT2D eigenvalue weighted by molar-refractivity contribution is 0.293. The van der Waals surface area contributed by atoms with Gasteiger partial charge in [-0.05, 0) is 30.1 Å². The summed E-state index contributed by atoms with van der Waals surface area (Å²) in [6.45, 7) is -0.0167. The van der Waals surface area contributed by atoms with E-state index >= 15 is 0 Å². The Morgan fingerprint density at radius 1 is 1.55 bits per heavy atom. The molecule has 0 saturated carbocycles. The minimum atomic E-state index is -0.0167. The third-order valence-electron chi connectivity index (χ3n) is 1.05. The third-order valence-corrected chi connectivity index (χ3v) is 2.31. The summed E-state index contributed by atoms with van der Waals surface area (Å²) in [5.74, 6) is 0. The van der Waals surface area contributed by atoms with Crippen molar-refractivity contribution in [2.24, 2.45) is 0 Å². The summed E-state index contributed by atoms with van der Waals surface area (Å²) in [7, 11) is 0. The Morgan fingerprint density at radius 3 is 3.00 bits per heavy atom. The van der Waals surface area contributed by atoms with Crippen LogP contribution in [0.3, 0.4) is 0 Å². The number of hydrogen-bond acceptors (Lipinski definition) is 3. The molecule has 1 aromatic carbocycles. The molecule has 1 rings (SSSR count). The molecule has 2 N–H and O–H groups in total. The molecule has 0 aliphatic rings. The standard InChI is InChI=1S/C7H8BrNOS/c8-6-2-1-3-7(4-6)11-9-5-10/h1-4,9-10H,5H2. The van der Waals surface area contributed by atoms with Crippen molar-refractivity contribution in [2.75, 3.05) is 6.73 Å². The Bertz CT molecular complexity index is 231. The first kappa shape index (κ1) is 9.06. The van der Waals surface area contributed by atoms with E-state index in [4.69, 9.17) is 5.11 Å². The minimum absolute atomic E-state index is 0.0167. The lowest BCUT2D eigenvalue weighted by Crippen LogP contribution is -2.02. The van der Waals surface area contributed by atoms with Gasteiger partial charge in [-0.15, -0.1) is 0 Å². The fourth-order valence-corrected chi connectivity index (χ4v) is 1.76. The normalized spacial score (nSPS) is 10.0. The van der Waals surface area contributed by atoms with Gasteiger partial charge >= 0.3 is 0 Å². The zero-order valence-electron chi connectivity index (χ0n) is 5.75. The smallest absolute Gasteiger partial charge is 0.102 e. The van der Waals surface area contributed by atoms with E-state index in [9.17, 15) is 0 Å². The van der Waals surface area contributed by atoms with E-state index in [2.05, 4.69) is 20.7 Å². The van der Waals surface area contributed by atoms with Gasteiger partial charge in [0.15, 0.2) is 0 Å². The van der Waals surface area contributed by atoms with E-state index in [-0.39, 0.29) is 6.73 Å². The van der Waals surface area contributed by atoms with E-state index in [1.807, 2.05) is 24.3 Å². The topological polar surface area (TPSA) is 32.3 Å². The Hall–Kier alpha value is -0.0300. The van der Waals surface area contributed by atoms with E-state index in [1.165, 1.54) is 11.9 Å². The highest BCUT2D eigenvalue weighted by Crippen LogP contribution is 2.18. The number of aliphatic hydroxyl groups is 1. The number of halogens is 1. The van der Waals surface area contributed by atoms with Crippen LogP contribution in [0, 0.1) is 0 Å². The SMILES string of the molecule is OCNSc1cccc(Br)c1. The van der Waals surface area contributed by atoms with Gasteiger partial charge in [0.2, 0.25) is 0 Å². The lowest BCUT2D eigenvalue weighted by Gasteiger charge is -1.99. The molecule has 0 atom stereocenters. The number of benzene rings is 1. The van der Waals surface area contributed by atoms with Gasteiger partial charge in [0.1, 0.15) is 6.73 Å². The van der Waals surface area contributed by atoms with E-state index in [0.29, 0.717) is 0 Å². The Labute approximate surface area is 78.3 Å². The quantitative estimate of drug-likeness (QED) is 0.619. The summed E-state index contributed by atoms with van der Waals surface area (Å²) >= 11 is 4.76. The van der Waals surface area contributed by atoms with Crippen LogP contribution in [-0.4, -0.2) is 11.8 Å². The van der Waals surface area contributed by atoms with Crippen LogP contribution >= 0.6 is 27.9 Å². The second kappa shape index (κ2) is 4.77. The monoisotopic (exact) mass is 233 g/mol. The third kappa shape index (κ3) is 3.25. The van der Waals surface area contributed by atoms with Crippen LogP contribution in [0.5, 0.6) is 0 Å². The molecule has 4 heteroatoms. The second-order valence-electron chi connectivity index (χ2n) is 1.86. The van der Waals surface area contributed by atoms with Gasteiger partial charge in [0, 0.05) is 9.37 Å². The van der Waals surface area contributed by atoms with Gasteiger partial charge in [0.05, 0.1) is 0 Å². The first-order chi connectivity index (χ1) is 5.33. The van der Waals surface area contributed by atoms with Crippen molar-refractivity contribution in [1.82, 2.24) is 4.72 Å². The molecule has 0 aliphatic heterocycles. The van der Waals surface area contributed by atoms with Crippen molar-refractivity contribution in [1.29, 1.82) is 0 Å². The van der Waals surface area contributed by atoms with Crippen molar-refractivity contribution >= 4 is 27.9 Å². The maximum atomic E-state index is 8.45. The van der Waals surface area contributed by atoms with Gasteiger partial charge in [0.25, 0.3) is 0 Å². The summed E-state index contributed by atoms with van der Waals surface area (Å²) in [6.07, 6.45) is 0. The average Bonchev–Trinajstić information content (AvgIpc) is 2.01. The maximum absolute atomic E-state index is 8.45. The fraction of sp³-hybridized carbons (Fsp3) is 0.143. The van der Waals surface area contributed by atoms with Crippen molar-refractivity contribution in [2.45, 2.75) is 4.90 Å². The van der Waals surface area contributed by atoms with Crippen LogP contribution in [0.25, 0.3) is 0 Å². The second-order valence-corrected chi connectivity index (χ2v) is 3.74. The lowest BCUT2D eigenvalue weighted by atomic mass is 10.4. The largest absolute Gasteiger partial charge is 0.381 e. The van der Waals surface area contributed by atoms with Crippen molar-refractivity contribution in [3.05, 3.63) is 28.7 Å². The number of rotatable bonds is 3. The van der Waals surface area contributed by atoms with Crippen molar-refractivity contribution in [3.8, 4) is 0 Å². The van der Waals surface area contributed by atoms with E-state index < -0.39 is 0 Å². The summed E-state index contributed by atoms with van der Waals surface area (Å²) in [5.41, 5.74) is 0. The predicted molar refractivity (Wildman–Crippen MR) is 50.2 cm³/mol. The van der Waals surface area contributed by atoms with Gasteiger partial charge < -0.3 is 5.11 Å². The van der Waals surface area contributed by atoms with Crippen LogP contribution in [0.2, 0.25) is 0 Å². The summed E-state index contributed by atoms with van der Waals surface area (Å²) < 4.78 is 3.79. The molecule has 0 aliphatic carbocycles. The molecular formula is C7H8BrNOS. The highest BCUT2D eigenvalue weighted by Gasteiger charge is 1.92. The van der Waals surface area contributed by atoms with Crippen molar-refractivity contribution < 1.29 is 5.11 Å². The first-order valence-electron chi connectivity index (χ1n) is 3.09. The molecule has 0 unspecified atom stereocenters.